The van der Waals surface area contributed by atoms with Gasteiger partial charge in [0.1, 0.15) is 0 Å². The lowest BCUT2D eigenvalue weighted by Gasteiger charge is -2.20. The summed E-state index contributed by atoms with van der Waals surface area (Å²) in [6.07, 6.45) is 1.00. The molecule has 0 aliphatic carbocycles. The van der Waals surface area contributed by atoms with Crippen LogP contribution in [0.1, 0.15) is 35.3 Å². The maximum Gasteiger partial charge on any atom is 0.175 e. The van der Waals surface area contributed by atoms with E-state index < -0.39 is 0 Å². The molecule has 0 spiro atoms. The molecule has 0 aromatic heterocycles. The zero-order valence-corrected chi connectivity index (χ0v) is 9.36. The summed E-state index contributed by atoms with van der Waals surface area (Å²) in [5.41, 5.74) is 3.42. The molecule has 1 aliphatic rings. The van der Waals surface area contributed by atoms with Crippen LogP contribution in [0.25, 0.3) is 0 Å². The molecule has 0 radical (unpaired) electrons. The molecule has 1 aromatic rings. The van der Waals surface area contributed by atoms with Crippen molar-refractivity contribution in [2.75, 3.05) is 0 Å². The number of rotatable bonds is 1. The van der Waals surface area contributed by atoms with Gasteiger partial charge in [0.15, 0.2) is 5.78 Å². The van der Waals surface area contributed by atoms with Gasteiger partial charge in [0.2, 0.25) is 0 Å². The molecular formula is C12H14OS. The van der Waals surface area contributed by atoms with Gasteiger partial charge in [-0.25, -0.2) is 0 Å². The van der Waals surface area contributed by atoms with Crippen LogP contribution < -0.4 is 0 Å². The summed E-state index contributed by atoms with van der Waals surface area (Å²) in [4.78, 5) is 11.9. The number of thioether (sulfide) groups is 1. The minimum atomic E-state index is 0.134. The Bertz CT molecular complexity index is 371. The van der Waals surface area contributed by atoms with Crippen molar-refractivity contribution < 1.29 is 4.79 Å². The molecule has 14 heavy (non-hydrogen) atoms. The van der Waals surface area contributed by atoms with Crippen LogP contribution in [0, 0.1) is 0 Å². The summed E-state index contributed by atoms with van der Waals surface area (Å²) in [7, 11) is 0. The minimum Gasteiger partial charge on any atom is -0.293 e. The number of carbonyl (C=O) groups excluding carboxylic acids is 1. The first-order chi connectivity index (χ1) is 6.72. The van der Waals surface area contributed by atoms with E-state index in [1.165, 1.54) is 11.1 Å². The molecule has 1 aliphatic heterocycles. The third kappa shape index (κ3) is 1.59. The summed E-state index contributed by atoms with van der Waals surface area (Å²) < 4.78 is 0. The zero-order chi connectivity index (χ0) is 10.1. The average molecular weight is 206 g/mol. The van der Waals surface area contributed by atoms with Crippen LogP contribution in [0.5, 0.6) is 0 Å². The Balaban J connectivity index is 2.46. The molecule has 0 amide bonds. The molecule has 1 heterocycles. The van der Waals surface area contributed by atoms with Crippen molar-refractivity contribution in [1.82, 2.24) is 0 Å². The van der Waals surface area contributed by atoms with Gasteiger partial charge in [-0.1, -0.05) is 19.1 Å². The largest absolute Gasteiger partial charge is 0.293 e. The van der Waals surface area contributed by atoms with Crippen molar-refractivity contribution in [3.8, 4) is 0 Å². The molecule has 1 unspecified atom stereocenters. The number of hydrogen-bond donors (Lipinski definition) is 0. The molecular weight excluding hydrogens is 192 g/mol. The van der Waals surface area contributed by atoms with Gasteiger partial charge >= 0.3 is 0 Å². The summed E-state index contributed by atoms with van der Waals surface area (Å²) >= 11 is 1.73. The van der Waals surface area contributed by atoms with E-state index in [2.05, 4.69) is 25.1 Å². The quantitative estimate of drug-likeness (QED) is 0.702. The molecule has 0 fully saturated rings. The number of fused-ring (bicyclic) bond motifs is 1. The van der Waals surface area contributed by atoms with E-state index in [9.17, 15) is 4.79 Å². The van der Waals surface area contributed by atoms with Gasteiger partial charge in [0.05, 0.1) is 5.25 Å². The van der Waals surface area contributed by atoms with Crippen molar-refractivity contribution in [1.29, 1.82) is 0 Å². The second kappa shape index (κ2) is 3.77. The predicted molar refractivity (Wildman–Crippen MR) is 60.9 cm³/mol. The van der Waals surface area contributed by atoms with Crippen LogP contribution in [0.2, 0.25) is 0 Å². The van der Waals surface area contributed by atoms with Crippen molar-refractivity contribution >= 4 is 17.5 Å². The second-order valence-corrected chi connectivity index (χ2v) is 4.99. The maximum atomic E-state index is 11.9. The number of hydrogen-bond acceptors (Lipinski definition) is 2. The molecule has 74 valence electrons. The van der Waals surface area contributed by atoms with E-state index in [1.807, 2.05) is 6.92 Å². The minimum absolute atomic E-state index is 0.134. The van der Waals surface area contributed by atoms with E-state index in [1.54, 1.807) is 11.8 Å². The van der Waals surface area contributed by atoms with E-state index in [0.29, 0.717) is 5.78 Å². The highest BCUT2D eigenvalue weighted by atomic mass is 32.2. The molecule has 2 heteroatoms. The highest BCUT2D eigenvalue weighted by molar-refractivity contribution is 8.00. The lowest BCUT2D eigenvalue weighted by Crippen LogP contribution is -2.20. The van der Waals surface area contributed by atoms with Gasteiger partial charge in [-0.15, -0.1) is 11.8 Å². The average Bonchev–Trinajstić information content (AvgIpc) is 2.23. The first-order valence-electron chi connectivity index (χ1n) is 5.00. The number of ketones is 1. The van der Waals surface area contributed by atoms with Gasteiger partial charge in [-0.2, -0.15) is 0 Å². The molecule has 1 aromatic carbocycles. The molecule has 1 nitrogen and oxygen atoms in total. The van der Waals surface area contributed by atoms with E-state index in [-0.39, 0.29) is 5.25 Å². The van der Waals surface area contributed by atoms with Crippen LogP contribution in [0.15, 0.2) is 18.2 Å². The SMILES string of the molecule is CCc1ccc2c(c1)C(=O)C(C)SC2. The topological polar surface area (TPSA) is 17.1 Å². The molecule has 0 saturated carbocycles. The van der Waals surface area contributed by atoms with Crippen molar-refractivity contribution in [3.63, 3.8) is 0 Å². The van der Waals surface area contributed by atoms with Gasteiger partial charge in [0.25, 0.3) is 0 Å². The fourth-order valence-corrected chi connectivity index (χ4v) is 2.67. The number of aryl methyl sites for hydroxylation is 1. The Hall–Kier alpha value is -0.760. The van der Waals surface area contributed by atoms with Crippen molar-refractivity contribution in [2.45, 2.75) is 31.3 Å². The number of Topliss-reactive ketones (excluding diaryl/α,β-unsaturated/α-hetero) is 1. The second-order valence-electron chi connectivity index (χ2n) is 3.66. The van der Waals surface area contributed by atoms with Crippen molar-refractivity contribution in [2.24, 2.45) is 0 Å². The van der Waals surface area contributed by atoms with E-state index in [4.69, 9.17) is 0 Å². The fraction of sp³-hybridized carbons (Fsp3) is 0.417. The van der Waals surface area contributed by atoms with Crippen LogP contribution in [-0.2, 0) is 12.2 Å². The Morgan fingerprint density at radius 3 is 3.00 bits per heavy atom. The van der Waals surface area contributed by atoms with Crippen LogP contribution in [0.3, 0.4) is 0 Å². The summed E-state index contributed by atoms with van der Waals surface area (Å²) in [5.74, 6) is 1.28. The summed E-state index contributed by atoms with van der Waals surface area (Å²) in [5, 5.41) is 0.134. The highest BCUT2D eigenvalue weighted by Crippen LogP contribution is 2.30. The van der Waals surface area contributed by atoms with Gasteiger partial charge in [-0.3, -0.25) is 4.79 Å². The smallest absolute Gasteiger partial charge is 0.175 e. The third-order valence-electron chi connectivity index (χ3n) is 2.71. The van der Waals surface area contributed by atoms with Gasteiger partial charge in [0, 0.05) is 11.3 Å². The first kappa shape index (κ1) is 9.78. The molecule has 0 N–H and O–H groups in total. The zero-order valence-electron chi connectivity index (χ0n) is 8.54. The Morgan fingerprint density at radius 2 is 2.29 bits per heavy atom. The Morgan fingerprint density at radius 1 is 1.50 bits per heavy atom. The molecule has 1 atom stereocenters. The Kier molecular flexibility index (Phi) is 2.64. The van der Waals surface area contributed by atoms with Crippen LogP contribution >= 0.6 is 11.8 Å². The van der Waals surface area contributed by atoms with Crippen LogP contribution in [0.4, 0.5) is 0 Å². The first-order valence-corrected chi connectivity index (χ1v) is 6.05. The Labute approximate surface area is 88.9 Å². The normalized spacial score (nSPS) is 20.7. The number of benzene rings is 1. The predicted octanol–water partition coefficient (Wildman–Crippen LogP) is 3.07. The molecule has 0 bridgehead atoms. The monoisotopic (exact) mass is 206 g/mol. The van der Waals surface area contributed by atoms with E-state index in [0.717, 1.165) is 17.7 Å². The van der Waals surface area contributed by atoms with Crippen molar-refractivity contribution in [3.05, 3.63) is 34.9 Å². The lowest BCUT2D eigenvalue weighted by molar-refractivity contribution is 0.0991. The third-order valence-corrected chi connectivity index (χ3v) is 3.90. The van der Waals surface area contributed by atoms with E-state index >= 15 is 0 Å². The highest BCUT2D eigenvalue weighted by Gasteiger charge is 2.24. The molecule has 0 saturated heterocycles. The van der Waals surface area contributed by atoms with Gasteiger partial charge in [-0.05, 0) is 30.5 Å². The van der Waals surface area contributed by atoms with Gasteiger partial charge < -0.3 is 0 Å². The summed E-state index contributed by atoms with van der Waals surface area (Å²) in [6.45, 7) is 4.11. The number of carbonyl (C=O) groups is 1. The summed E-state index contributed by atoms with van der Waals surface area (Å²) in [6, 6.07) is 6.29. The fourth-order valence-electron chi connectivity index (χ4n) is 1.71. The maximum absolute atomic E-state index is 11.9. The lowest BCUT2D eigenvalue weighted by atomic mass is 9.98. The standard InChI is InChI=1S/C12H14OS/c1-3-9-4-5-10-7-14-8(2)12(13)11(10)6-9/h4-6,8H,3,7H2,1-2H3. The van der Waals surface area contributed by atoms with Crippen LogP contribution in [-0.4, -0.2) is 11.0 Å². The molecule has 2 rings (SSSR count).